The fourth-order valence-corrected chi connectivity index (χ4v) is 5.16. The molecule has 182 valence electrons. The third-order valence-corrected chi connectivity index (χ3v) is 7.28. The molecular formula is C25H30N2O6S. The predicted octanol–water partition coefficient (Wildman–Crippen LogP) is 2.67. The highest BCUT2D eigenvalue weighted by Gasteiger charge is 2.27. The van der Waals surface area contributed by atoms with Gasteiger partial charge in [0.1, 0.15) is 5.75 Å². The van der Waals surface area contributed by atoms with E-state index < -0.39 is 21.6 Å². The van der Waals surface area contributed by atoms with Crippen molar-refractivity contribution in [2.24, 2.45) is 0 Å². The second kappa shape index (κ2) is 12.5. The molecule has 1 saturated heterocycles. The van der Waals surface area contributed by atoms with Crippen LogP contribution in [0.2, 0.25) is 0 Å². The molecule has 1 N–H and O–H groups in total. The zero-order chi connectivity index (χ0) is 24.4. The summed E-state index contributed by atoms with van der Waals surface area (Å²) in [6.07, 6.45) is 0.805. The van der Waals surface area contributed by atoms with Gasteiger partial charge in [-0.15, -0.1) is 11.8 Å². The van der Waals surface area contributed by atoms with Crippen molar-refractivity contribution in [3.05, 3.63) is 59.7 Å². The predicted molar refractivity (Wildman–Crippen MR) is 127 cm³/mol. The van der Waals surface area contributed by atoms with Crippen LogP contribution in [0.4, 0.5) is 0 Å². The summed E-state index contributed by atoms with van der Waals surface area (Å²) in [6.45, 7) is 6.04. The molecule has 1 heterocycles. The highest BCUT2D eigenvalue weighted by Crippen LogP contribution is 2.26. The maximum atomic E-state index is 13.0. The minimum Gasteiger partial charge on any atom is -0.493 e. The van der Waals surface area contributed by atoms with Gasteiger partial charge >= 0.3 is 0 Å². The van der Waals surface area contributed by atoms with E-state index in [0.717, 1.165) is 25.2 Å². The van der Waals surface area contributed by atoms with Crippen molar-refractivity contribution >= 4 is 16.2 Å². The van der Waals surface area contributed by atoms with Crippen molar-refractivity contribution in [1.29, 1.82) is 0 Å². The van der Waals surface area contributed by atoms with Crippen LogP contribution in [0.15, 0.2) is 53.4 Å². The smallest absolute Gasteiger partial charge is 0.233 e. The first-order valence-electron chi connectivity index (χ1n) is 11.1. The molecule has 3 rings (SSSR count). The number of rotatable bonds is 11. The van der Waals surface area contributed by atoms with Crippen LogP contribution in [0.25, 0.3) is 0 Å². The van der Waals surface area contributed by atoms with Gasteiger partial charge in [-0.2, -0.15) is 0 Å². The molecule has 1 amide bonds. The summed E-state index contributed by atoms with van der Waals surface area (Å²) in [5, 5.41) is 10.5. The molecule has 1 aliphatic rings. The number of carbonyl (C=O) groups excluding carboxylic acids is 1. The number of amides is 1. The molecule has 9 heteroatoms. The molecule has 0 radical (unpaired) electrons. The van der Waals surface area contributed by atoms with Crippen molar-refractivity contribution in [2.45, 2.75) is 30.8 Å². The van der Waals surface area contributed by atoms with E-state index in [-0.39, 0.29) is 11.3 Å². The van der Waals surface area contributed by atoms with Gasteiger partial charge in [-0.1, -0.05) is 24.3 Å². The number of ether oxygens (including phenoxy) is 2. The number of carbonyl (C=O) groups is 1. The number of benzene rings is 2. The Morgan fingerprint density at radius 2 is 1.82 bits per heavy atom. The maximum Gasteiger partial charge on any atom is 0.233 e. The van der Waals surface area contributed by atoms with Crippen molar-refractivity contribution in [3.63, 3.8) is 0 Å². The van der Waals surface area contributed by atoms with Crippen molar-refractivity contribution in [1.82, 2.24) is 9.96 Å². The van der Waals surface area contributed by atoms with Gasteiger partial charge in [-0.05, 0) is 42.3 Å². The lowest BCUT2D eigenvalue weighted by atomic mass is 10.1. The van der Waals surface area contributed by atoms with Crippen molar-refractivity contribution in [2.75, 3.05) is 38.7 Å². The Bertz CT molecular complexity index is 1080. The Hall–Kier alpha value is -2.90. The van der Waals surface area contributed by atoms with Crippen LogP contribution in [0.3, 0.4) is 0 Å². The van der Waals surface area contributed by atoms with Crippen LogP contribution >= 0.6 is 0 Å². The topological polar surface area (TPSA) is 96.4 Å². The standard InChI is InChI=1S/C25H30N2O6S/c1-2-3-4-15-33-23-9-11-24(12-10-23)34(30,31)19-25(27(29)20-28)22-7-5-21(6-8-22)18-26-13-16-32-17-14-26/h5-12,20,25,29H,4,13-19H2,1H3. The summed E-state index contributed by atoms with van der Waals surface area (Å²) in [4.78, 5) is 13.7. The van der Waals surface area contributed by atoms with Gasteiger partial charge in [0.2, 0.25) is 6.41 Å². The number of hydrogen-bond donors (Lipinski definition) is 1. The van der Waals surface area contributed by atoms with Crippen LogP contribution < -0.4 is 4.74 Å². The lowest BCUT2D eigenvalue weighted by molar-refractivity contribution is -0.158. The minimum absolute atomic E-state index is 0.0847. The Kier molecular flexibility index (Phi) is 9.48. The second-order valence-corrected chi connectivity index (χ2v) is 9.94. The van der Waals surface area contributed by atoms with Gasteiger partial charge in [0.25, 0.3) is 0 Å². The minimum atomic E-state index is -3.80. The third kappa shape index (κ3) is 7.30. The molecule has 2 aromatic rings. The van der Waals surface area contributed by atoms with Gasteiger partial charge in [-0.25, -0.2) is 13.5 Å². The zero-order valence-corrected chi connectivity index (χ0v) is 20.0. The van der Waals surface area contributed by atoms with Crippen LogP contribution in [-0.2, 0) is 25.9 Å². The van der Waals surface area contributed by atoms with Crippen LogP contribution in [0.1, 0.15) is 30.5 Å². The molecule has 34 heavy (non-hydrogen) atoms. The SMILES string of the molecule is CC#CCCOc1ccc(S(=O)(=O)CC(c2ccc(CN3CCOCC3)cc2)N(O)C=O)cc1. The number of hydrogen-bond acceptors (Lipinski definition) is 7. The highest BCUT2D eigenvalue weighted by atomic mass is 32.2. The van der Waals surface area contributed by atoms with E-state index in [1.165, 1.54) is 12.1 Å². The summed E-state index contributed by atoms with van der Waals surface area (Å²) >= 11 is 0. The normalized spacial score (nSPS) is 15.1. The van der Waals surface area contributed by atoms with Crippen LogP contribution in [0, 0.1) is 11.8 Å². The number of hydroxylamine groups is 2. The molecule has 1 atom stereocenters. The van der Waals surface area contributed by atoms with E-state index in [9.17, 15) is 18.4 Å². The Labute approximate surface area is 201 Å². The molecule has 0 aliphatic carbocycles. The summed E-state index contributed by atoms with van der Waals surface area (Å²) in [7, 11) is -3.80. The van der Waals surface area contributed by atoms with Crippen molar-refractivity contribution < 1.29 is 27.9 Å². The Balaban J connectivity index is 1.69. The van der Waals surface area contributed by atoms with E-state index in [0.29, 0.717) is 42.6 Å². The largest absolute Gasteiger partial charge is 0.493 e. The average Bonchev–Trinajstić information content (AvgIpc) is 2.86. The fraction of sp³-hybridized carbons (Fsp3) is 0.400. The zero-order valence-electron chi connectivity index (χ0n) is 19.2. The molecule has 1 fully saturated rings. The summed E-state index contributed by atoms with van der Waals surface area (Å²) in [5.41, 5.74) is 1.59. The Morgan fingerprint density at radius 3 is 2.44 bits per heavy atom. The Morgan fingerprint density at radius 1 is 1.15 bits per heavy atom. The quantitative estimate of drug-likeness (QED) is 0.172. The third-order valence-electron chi connectivity index (χ3n) is 5.53. The molecule has 0 aromatic heterocycles. The van der Waals surface area contributed by atoms with Crippen molar-refractivity contribution in [3.8, 4) is 17.6 Å². The van der Waals surface area contributed by atoms with Gasteiger partial charge in [0.15, 0.2) is 9.84 Å². The van der Waals surface area contributed by atoms with Gasteiger partial charge in [0.05, 0.1) is 36.5 Å². The van der Waals surface area contributed by atoms with Gasteiger partial charge < -0.3 is 9.47 Å². The first-order chi connectivity index (χ1) is 16.4. The van der Waals surface area contributed by atoms with Crippen LogP contribution in [-0.4, -0.2) is 68.7 Å². The van der Waals surface area contributed by atoms with E-state index >= 15 is 0 Å². The van der Waals surface area contributed by atoms with E-state index in [2.05, 4.69) is 16.7 Å². The van der Waals surface area contributed by atoms with Gasteiger partial charge in [0, 0.05) is 26.1 Å². The summed E-state index contributed by atoms with van der Waals surface area (Å²) < 4.78 is 37.0. The molecule has 2 aromatic carbocycles. The number of sulfone groups is 1. The van der Waals surface area contributed by atoms with Crippen LogP contribution in [0.5, 0.6) is 5.75 Å². The highest BCUT2D eigenvalue weighted by molar-refractivity contribution is 7.91. The van der Waals surface area contributed by atoms with E-state index in [1.54, 1.807) is 31.2 Å². The number of nitrogens with zero attached hydrogens (tertiary/aromatic N) is 2. The lowest BCUT2D eigenvalue weighted by Gasteiger charge is -2.27. The molecular weight excluding hydrogens is 456 g/mol. The van der Waals surface area contributed by atoms with E-state index in [4.69, 9.17) is 9.47 Å². The molecule has 0 bridgehead atoms. The molecule has 8 nitrogen and oxygen atoms in total. The number of morpholine rings is 1. The molecule has 1 unspecified atom stereocenters. The fourth-order valence-electron chi connectivity index (χ4n) is 3.65. The lowest BCUT2D eigenvalue weighted by Crippen LogP contribution is -2.35. The summed E-state index contributed by atoms with van der Waals surface area (Å²) in [5.74, 6) is 5.76. The molecule has 1 aliphatic heterocycles. The monoisotopic (exact) mass is 486 g/mol. The second-order valence-electron chi connectivity index (χ2n) is 7.91. The first kappa shape index (κ1) is 25.7. The average molecular weight is 487 g/mol. The summed E-state index contributed by atoms with van der Waals surface area (Å²) in [6, 6.07) is 12.3. The maximum absolute atomic E-state index is 13.0. The van der Waals surface area contributed by atoms with Gasteiger partial charge in [-0.3, -0.25) is 14.9 Å². The molecule has 0 saturated carbocycles. The van der Waals surface area contributed by atoms with E-state index in [1.807, 2.05) is 12.1 Å². The molecule has 0 spiro atoms. The first-order valence-corrected chi connectivity index (χ1v) is 12.7.